The number of hydrogen-bond acceptors (Lipinski definition) is 8. The van der Waals surface area contributed by atoms with Crippen molar-refractivity contribution in [2.75, 3.05) is 25.0 Å². The molecule has 230 valence electrons. The van der Waals surface area contributed by atoms with E-state index in [0.29, 0.717) is 17.1 Å². The summed E-state index contributed by atoms with van der Waals surface area (Å²) >= 11 is 0. The van der Waals surface area contributed by atoms with Crippen LogP contribution in [0.4, 0.5) is 14.5 Å². The highest BCUT2D eigenvalue weighted by Gasteiger charge is 2.30. The number of fused-ring (bicyclic) bond motifs is 1. The molecule has 0 radical (unpaired) electrons. The third-order valence-electron chi connectivity index (χ3n) is 7.92. The monoisotopic (exact) mass is 605 g/mol. The fourth-order valence-electron chi connectivity index (χ4n) is 5.49. The smallest absolute Gasteiger partial charge is 0.387 e. The largest absolute Gasteiger partial charge is 0.454 e. The molecule has 1 aliphatic rings. The van der Waals surface area contributed by atoms with Crippen molar-refractivity contribution < 1.29 is 23.0 Å². The summed E-state index contributed by atoms with van der Waals surface area (Å²) in [4.78, 5) is 19.9. The van der Waals surface area contributed by atoms with E-state index in [1.807, 2.05) is 10.9 Å². The third-order valence-corrected chi connectivity index (χ3v) is 7.92. The number of nitrogens with zero attached hydrogens (tertiary/aromatic N) is 8. The molecule has 1 aliphatic heterocycles. The summed E-state index contributed by atoms with van der Waals surface area (Å²) in [6.07, 6.45) is 11.8. The molecule has 0 atom stereocenters. The van der Waals surface area contributed by atoms with Gasteiger partial charge in [0.1, 0.15) is 22.8 Å². The first-order chi connectivity index (χ1) is 21.2. The summed E-state index contributed by atoms with van der Waals surface area (Å²) in [5.41, 5.74) is 1.44. The van der Waals surface area contributed by atoms with E-state index in [9.17, 15) is 13.6 Å². The van der Waals surface area contributed by atoms with Gasteiger partial charge in [0.25, 0.3) is 5.91 Å². The lowest BCUT2D eigenvalue weighted by Crippen LogP contribution is -2.40. The number of alkyl halides is 2. The van der Waals surface area contributed by atoms with Crippen LogP contribution in [0.2, 0.25) is 0 Å². The molecule has 12 nitrogen and oxygen atoms in total. The second kappa shape index (κ2) is 12.0. The molecule has 4 aromatic heterocycles. The lowest BCUT2D eigenvalue weighted by atomic mass is 9.80. The van der Waals surface area contributed by atoms with Gasteiger partial charge >= 0.3 is 6.61 Å². The summed E-state index contributed by atoms with van der Waals surface area (Å²) in [6.45, 7) is 5.36. The van der Waals surface area contributed by atoms with Gasteiger partial charge in [0.05, 0.1) is 29.8 Å². The molecule has 1 fully saturated rings. The van der Waals surface area contributed by atoms with Gasteiger partial charge in [0.2, 0.25) is 0 Å². The summed E-state index contributed by atoms with van der Waals surface area (Å²) < 4.78 is 42.6. The van der Waals surface area contributed by atoms with E-state index in [2.05, 4.69) is 44.3 Å². The number of rotatable bonds is 10. The highest BCUT2D eigenvalue weighted by molar-refractivity contribution is 6.09. The van der Waals surface area contributed by atoms with E-state index < -0.39 is 12.5 Å². The molecule has 1 aromatic carbocycles. The van der Waals surface area contributed by atoms with E-state index in [1.54, 1.807) is 44.0 Å². The zero-order valence-electron chi connectivity index (χ0n) is 24.7. The number of anilines is 1. The summed E-state index contributed by atoms with van der Waals surface area (Å²) in [6, 6.07) is 6.17. The zero-order chi connectivity index (χ0) is 30.8. The average Bonchev–Trinajstić information content (AvgIpc) is 3.72. The first kappa shape index (κ1) is 29.2. The quantitative estimate of drug-likeness (QED) is 0.234. The van der Waals surface area contributed by atoms with Gasteiger partial charge < -0.3 is 19.7 Å². The van der Waals surface area contributed by atoms with Crippen LogP contribution in [0.15, 0.2) is 61.4 Å². The Morgan fingerprint density at radius 3 is 2.73 bits per heavy atom. The van der Waals surface area contributed by atoms with Crippen LogP contribution < -0.4 is 14.8 Å². The van der Waals surface area contributed by atoms with Gasteiger partial charge in [-0.3, -0.25) is 14.2 Å². The molecule has 0 aliphatic carbocycles. The molecule has 14 heteroatoms. The maximum atomic E-state index is 13.4. The van der Waals surface area contributed by atoms with Crippen molar-refractivity contribution >= 4 is 17.2 Å². The Labute approximate surface area is 252 Å². The predicted molar refractivity (Wildman–Crippen MR) is 158 cm³/mol. The first-order valence-corrected chi connectivity index (χ1v) is 14.3. The Morgan fingerprint density at radius 1 is 1.14 bits per heavy atom. The van der Waals surface area contributed by atoms with Gasteiger partial charge in [-0.05, 0) is 62.2 Å². The maximum absolute atomic E-state index is 13.4. The number of halogens is 2. The number of likely N-dealkylation sites (tertiary alicyclic amines) is 1. The van der Waals surface area contributed by atoms with Crippen molar-refractivity contribution in [1.82, 2.24) is 39.1 Å². The molecule has 0 spiro atoms. The van der Waals surface area contributed by atoms with Crippen LogP contribution in [0.5, 0.6) is 17.2 Å². The lowest BCUT2D eigenvalue weighted by molar-refractivity contribution is -0.0494. The van der Waals surface area contributed by atoms with Crippen LogP contribution in [0.3, 0.4) is 0 Å². The number of nitrogens with one attached hydrogen (secondary N) is 1. The fraction of sp³-hybridized carbons (Fsp3) is 0.367. The van der Waals surface area contributed by atoms with Crippen LogP contribution in [0.1, 0.15) is 37.0 Å². The van der Waals surface area contributed by atoms with Crippen molar-refractivity contribution in [2.45, 2.75) is 39.8 Å². The Bertz CT molecular complexity index is 1770. The number of amides is 1. The molecule has 1 saturated heterocycles. The minimum absolute atomic E-state index is 0.124. The second-order valence-electron chi connectivity index (χ2n) is 11.2. The van der Waals surface area contributed by atoms with Gasteiger partial charge in [-0.2, -0.15) is 24.1 Å². The average molecular weight is 606 g/mol. The highest BCUT2D eigenvalue weighted by atomic mass is 19.3. The Morgan fingerprint density at radius 2 is 1.95 bits per heavy atom. The van der Waals surface area contributed by atoms with Crippen molar-refractivity contribution in [3.05, 3.63) is 67.0 Å². The molecule has 1 amide bonds. The molecule has 44 heavy (non-hydrogen) atoms. The van der Waals surface area contributed by atoms with E-state index in [0.717, 1.165) is 39.0 Å². The molecule has 6 rings (SSSR count). The van der Waals surface area contributed by atoms with E-state index in [-0.39, 0.29) is 33.7 Å². The fourth-order valence-corrected chi connectivity index (χ4v) is 5.49. The van der Waals surface area contributed by atoms with Crippen LogP contribution in [0, 0.1) is 5.41 Å². The normalized spacial score (nSPS) is 15.1. The number of ether oxygens (including phenoxy) is 2. The van der Waals surface area contributed by atoms with Gasteiger partial charge in [0, 0.05) is 32.2 Å². The third kappa shape index (κ3) is 6.25. The topological polar surface area (TPSA) is 117 Å². The van der Waals surface area contributed by atoms with Crippen LogP contribution in [-0.4, -0.2) is 71.2 Å². The van der Waals surface area contributed by atoms with Crippen LogP contribution >= 0.6 is 0 Å². The summed E-state index contributed by atoms with van der Waals surface area (Å²) in [7, 11) is 1.66. The van der Waals surface area contributed by atoms with Gasteiger partial charge in [-0.15, -0.1) is 0 Å². The molecule has 0 bridgehead atoms. The zero-order valence-corrected chi connectivity index (χ0v) is 24.7. The Hall–Kier alpha value is -4.85. The van der Waals surface area contributed by atoms with Crippen LogP contribution in [0.25, 0.3) is 16.9 Å². The standard InChI is InChI=1S/C30H33F2N9O3/c1-4-39-12-8-30(2,9-13-39)19-40-17-21(15-34-40)43-20-6-7-25(44-29(31)32)22(14-20)26-24(18-38(3)37-26)36-28(42)23-16-35-41-11-5-10-33-27(23)41/h5-7,10-11,14-18,29H,4,8-9,12-13,19H2,1-3H3,(H,36,42). The number of carbonyl (C=O) groups excluding carboxylic acids is 1. The maximum Gasteiger partial charge on any atom is 0.387 e. The van der Waals surface area contributed by atoms with Gasteiger partial charge in [0.15, 0.2) is 11.4 Å². The van der Waals surface area contributed by atoms with Gasteiger partial charge in [-0.25, -0.2) is 9.50 Å². The Kier molecular flexibility index (Phi) is 7.99. The summed E-state index contributed by atoms with van der Waals surface area (Å²) in [5, 5.41) is 15.9. The van der Waals surface area contributed by atoms with Crippen molar-refractivity contribution in [2.24, 2.45) is 12.5 Å². The number of aromatic nitrogens is 7. The van der Waals surface area contributed by atoms with E-state index in [4.69, 9.17) is 9.47 Å². The molecule has 0 saturated carbocycles. The minimum Gasteiger partial charge on any atom is -0.454 e. The highest BCUT2D eigenvalue weighted by Crippen LogP contribution is 2.39. The van der Waals surface area contributed by atoms with E-state index in [1.165, 1.54) is 27.5 Å². The van der Waals surface area contributed by atoms with E-state index >= 15 is 0 Å². The molecule has 0 unspecified atom stereocenters. The lowest BCUT2D eigenvalue weighted by Gasteiger charge is -2.38. The number of piperidine rings is 1. The number of aryl methyl sites for hydroxylation is 1. The second-order valence-corrected chi connectivity index (χ2v) is 11.2. The molecule has 1 N–H and O–H groups in total. The number of hydrogen-bond donors (Lipinski definition) is 1. The van der Waals surface area contributed by atoms with Crippen molar-refractivity contribution in [3.63, 3.8) is 0 Å². The number of benzene rings is 1. The molecular weight excluding hydrogens is 572 g/mol. The molecular formula is C30H33F2N9O3. The SMILES string of the molecule is CCN1CCC(C)(Cn2cc(Oc3ccc(OC(F)F)c(-c4nn(C)cc4NC(=O)c4cnn5cccnc45)c3)cn2)CC1. The molecule has 5 aromatic rings. The summed E-state index contributed by atoms with van der Waals surface area (Å²) in [5.74, 6) is 0.251. The predicted octanol–water partition coefficient (Wildman–Crippen LogP) is 5.09. The first-order valence-electron chi connectivity index (χ1n) is 14.3. The Balaban J connectivity index is 1.24. The number of carbonyl (C=O) groups is 1. The molecule has 5 heterocycles. The van der Waals surface area contributed by atoms with Gasteiger partial charge in [-0.1, -0.05) is 13.8 Å². The minimum atomic E-state index is -3.07. The van der Waals surface area contributed by atoms with Crippen molar-refractivity contribution in [1.29, 1.82) is 0 Å². The van der Waals surface area contributed by atoms with Crippen LogP contribution in [-0.2, 0) is 13.6 Å². The van der Waals surface area contributed by atoms with Crippen molar-refractivity contribution in [3.8, 4) is 28.5 Å².